The summed E-state index contributed by atoms with van der Waals surface area (Å²) in [7, 11) is 4.07. The van der Waals surface area contributed by atoms with Crippen molar-refractivity contribution in [1.82, 2.24) is 9.80 Å². The van der Waals surface area contributed by atoms with Crippen LogP contribution in [0.5, 0.6) is 5.75 Å². The maximum absolute atomic E-state index is 12.2. The van der Waals surface area contributed by atoms with E-state index in [0.717, 1.165) is 32.2 Å². The van der Waals surface area contributed by atoms with E-state index in [0.29, 0.717) is 17.4 Å². The van der Waals surface area contributed by atoms with Gasteiger partial charge in [0.15, 0.2) is 12.9 Å². The van der Waals surface area contributed by atoms with E-state index >= 15 is 0 Å². The fourth-order valence-electron chi connectivity index (χ4n) is 2.54. The van der Waals surface area contributed by atoms with Crippen molar-refractivity contribution in [2.45, 2.75) is 18.9 Å². The lowest BCUT2D eigenvalue weighted by molar-refractivity contribution is -0.135. The molecule has 1 unspecified atom stereocenters. The highest BCUT2D eigenvalue weighted by Crippen LogP contribution is 2.17. The van der Waals surface area contributed by atoms with Crippen LogP contribution in [0.25, 0.3) is 0 Å². The predicted octanol–water partition coefficient (Wildman–Crippen LogP) is 1.43. The average molecular weight is 290 g/mol. The third kappa shape index (κ3) is 4.04. The zero-order valence-corrected chi connectivity index (χ0v) is 12.6. The van der Waals surface area contributed by atoms with Gasteiger partial charge in [0, 0.05) is 19.1 Å². The summed E-state index contributed by atoms with van der Waals surface area (Å²) in [5.74, 6) is 0.435. The Bertz CT molecular complexity index is 502. The molecular formula is C16H22N2O3. The molecule has 1 atom stereocenters. The van der Waals surface area contributed by atoms with Crippen LogP contribution in [0.1, 0.15) is 23.2 Å². The molecule has 0 N–H and O–H groups in total. The molecule has 0 aromatic heterocycles. The minimum absolute atomic E-state index is 0.0228. The molecule has 1 aromatic carbocycles. The summed E-state index contributed by atoms with van der Waals surface area (Å²) in [6, 6.07) is 7.34. The zero-order valence-electron chi connectivity index (χ0n) is 12.6. The highest BCUT2D eigenvalue weighted by atomic mass is 16.5. The quantitative estimate of drug-likeness (QED) is 0.770. The predicted molar refractivity (Wildman–Crippen MR) is 80.6 cm³/mol. The second-order valence-corrected chi connectivity index (χ2v) is 5.54. The molecule has 114 valence electrons. The fourth-order valence-corrected chi connectivity index (χ4v) is 2.54. The van der Waals surface area contributed by atoms with Gasteiger partial charge in [-0.25, -0.2) is 0 Å². The number of aldehydes is 1. The van der Waals surface area contributed by atoms with Gasteiger partial charge in [-0.15, -0.1) is 0 Å². The van der Waals surface area contributed by atoms with Crippen LogP contribution in [-0.2, 0) is 4.79 Å². The Morgan fingerprint density at radius 3 is 2.90 bits per heavy atom. The van der Waals surface area contributed by atoms with Crippen molar-refractivity contribution >= 4 is 12.2 Å². The molecule has 1 aromatic rings. The van der Waals surface area contributed by atoms with Crippen LogP contribution in [0.2, 0.25) is 0 Å². The second-order valence-electron chi connectivity index (χ2n) is 5.54. The van der Waals surface area contributed by atoms with E-state index in [-0.39, 0.29) is 12.5 Å². The molecule has 21 heavy (non-hydrogen) atoms. The van der Waals surface area contributed by atoms with Crippen molar-refractivity contribution in [3.05, 3.63) is 29.8 Å². The summed E-state index contributed by atoms with van der Waals surface area (Å²) in [5.41, 5.74) is 0.468. The van der Waals surface area contributed by atoms with Gasteiger partial charge >= 0.3 is 0 Å². The van der Waals surface area contributed by atoms with Gasteiger partial charge in [0.1, 0.15) is 5.75 Å². The normalized spacial score (nSPS) is 18.6. The number of carbonyl (C=O) groups excluding carboxylic acids is 2. The summed E-state index contributed by atoms with van der Waals surface area (Å²) in [4.78, 5) is 27.1. The summed E-state index contributed by atoms with van der Waals surface area (Å²) >= 11 is 0. The molecule has 5 heteroatoms. The number of para-hydroxylation sites is 1. The third-order valence-electron chi connectivity index (χ3n) is 3.88. The van der Waals surface area contributed by atoms with Gasteiger partial charge < -0.3 is 14.5 Å². The Morgan fingerprint density at radius 2 is 2.19 bits per heavy atom. The van der Waals surface area contributed by atoms with Gasteiger partial charge in [-0.05, 0) is 39.1 Å². The molecule has 1 aliphatic heterocycles. The van der Waals surface area contributed by atoms with E-state index in [1.165, 1.54) is 0 Å². The van der Waals surface area contributed by atoms with Crippen molar-refractivity contribution < 1.29 is 14.3 Å². The Labute approximate surface area is 125 Å². The van der Waals surface area contributed by atoms with Crippen LogP contribution in [-0.4, -0.2) is 61.8 Å². The number of hydrogen-bond acceptors (Lipinski definition) is 4. The number of nitrogens with zero attached hydrogens (tertiary/aromatic N) is 2. The molecule has 0 radical (unpaired) electrons. The van der Waals surface area contributed by atoms with E-state index in [9.17, 15) is 9.59 Å². The zero-order chi connectivity index (χ0) is 15.2. The lowest BCUT2D eigenvalue weighted by atomic mass is 10.1. The van der Waals surface area contributed by atoms with Gasteiger partial charge in [-0.2, -0.15) is 0 Å². The molecule has 5 nitrogen and oxygen atoms in total. The minimum atomic E-state index is -0.0257. The number of likely N-dealkylation sites (tertiary alicyclic amines) is 1. The maximum atomic E-state index is 12.2. The molecule has 1 saturated heterocycles. The van der Waals surface area contributed by atoms with Gasteiger partial charge in [0.2, 0.25) is 0 Å². The van der Waals surface area contributed by atoms with Crippen LogP contribution in [0.15, 0.2) is 24.3 Å². The largest absolute Gasteiger partial charge is 0.483 e. The van der Waals surface area contributed by atoms with Crippen LogP contribution in [0.3, 0.4) is 0 Å². The molecule has 1 aliphatic rings. The number of likely N-dealkylation sites (N-methyl/N-ethyl adjacent to an activating group) is 1. The topological polar surface area (TPSA) is 49.9 Å². The van der Waals surface area contributed by atoms with E-state index in [4.69, 9.17) is 4.74 Å². The summed E-state index contributed by atoms with van der Waals surface area (Å²) in [6.45, 7) is 1.50. The number of benzene rings is 1. The van der Waals surface area contributed by atoms with Crippen molar-refractivity contribution in [1.29, 1.82) is 0 Å². The Morgan fingerprint density at radius 1 is 1.43 bits per heavy atom. The highest BCUT2D eigenvalue weighted by molar-refractivity contribution is 5.81. The smallest absolute Gasteiger partial charge is 0.260 e. The highest BCUT2D eigenvalue weighted by Gasteiger charge is 2.25. The molecule has 1 fully saturated rings. The van der Waals surface area contributed by atoms with E-state index in [1.54, 1.807) is 24.3 Å². The molecule has 1 heterocycles. The van der Waals surface area contributed by atoms with Gasteiger partial charge in [-0.1, -0.05) is 12.1 Å². The van der Waals surface area contributed by atoms with Crippen molar-refractivity contribution in [3.63, 3.8) is 0 Å². The fraction of sp³-hybridized carbons (Fsp3) is 0.500. The summed E-state index contributed by atoms with van der Waals surface area (Å²) < 4.78 is 5.50. The molecule has 0 spiro atoms. The Hall–Kier alpha value is -1.88. The van der Waals surface area contributed by atoms with Gasteiger partial charge in [0.05, 0.1) is 5.56 Å². The number of rotatable bonds is 5. The van der Waals surface area contributed by atoms with E-state index in [1.807, 2.05) is 19.0 Å². The maximum Gasteiger partial charge on any atom is 0.260 e. The first-order valence-corrected chi connectivity index (χ1v) is 7.23. The first-order valence-electron chi connectivity index (χ1n) is 7.23. The SMILES string of the molecule is CN(C)C1CCCN(C(=O)COc2ccccc2C=O)C1. The van der Waals surface area contributed by atoms with Crippen molar-refractivity contribution in [2.75, 3.05) is 33.8 Å². The van der Waals surface area contributed by atoms with Crippen LogP contribution < -0.4 is 4.74 Å². The Kier molecular flexibility index (Phi) is 5.33. The number of amides is 1. The average Bonchev–Trinajstić information content (AvgIpc) is 2.52. The van der Waals surface area contributed by atoms with Gasteiger partial charge in [0.25, 0.3) is 5.91 Å². The Balaban J connectivity index is 1.91. The summed E-state index contributed by atoms with van der Waals surface area (Å²) in [6.07, 6.45) is 2.87. The standard InChI is InChI=1S/C16H22N2O3/c1-17(2)14-7-5-9-18(10-14)16(20)12-21-15-8-4-3-6-13(15)11-19/h3-4,6,8,11,14H,5,7,9-10,12H2,1-2H3. The van der Waals surface area contributed by atoms with Crippen LogP contribution in [0, 0.1) is 0 Å². The molecular weight excluding hydrogens is 268 g/mol. The summed E-state index contributed by atoms with van der Waals surface area (Å²) in [5, 5.41) is 0. The van der Waals surface area contributed by atoms with E-state index in [2.05, 4.69) is 4.90 Å². The molecule has 0 saturated carbocycles. The molecule has 2 rings (SSSR count). The lowest BCUT2D eigenvalue weighted by Crippen LogP contribution is -2.48. The second kappa shape index (κ2) is 7.22. The van der Waals surface area contributed by atoms with E-state index < -0.39 is 0 Å². The minimum Gasteiger partial charge on any atom is -0.483 e. The monoisotopic (exact) mass is 290 g/mol. The third-order valence-corrected chi connectivity index (χ3v) is 3.88. The number of piperidine rings is 1. The molecule has 1 amide bonds. The van der Waals surface area contributed by atoms with Crippen molar-refractivity contribution in [3.8, 4) is 5.75 Å². The molecule has 0 bridgehead atoms. The van der Waals surface area contributed by atoms with Crippen LogP contribution >= 0.6 is 0 Å². The number of hydrogen-bond donors (Lipinski definition) is 0. The lowest BCUT2D eigenvalue weighted by Gasteiger charge is -2.36. The van der Waals surface area contributed by atoms with Crippen LogP contribution in [0.4, 0.5) is 0 Å². The first kappa shape index (κ1) is 15.5. The van der Waals surface area contributed by atoms with Crippen molar-refractivity contribution in [2.24, 2.45) is 0 Å². The number of carbonyl (C=O) groups is 2. The molecule has 0 aliphatic carbocycles. The van der Waals surface area contributed by atoms with Gasteiger partial charge in [-0.3, -0.25) is 9.59 Å². The number of ether oxygens (including phenoxy) is 1. The first-order chi connectivity index (χ1) is 10.1.